The van der Waals surface area contributed by atoms with Crippen molar-refractivity contribution in [2.75, 3.05) is 18.7 Å². The van der Waals surface area contributed by atoms with Gasteiger partial charge in [0.15, 0.2) is 0 Å². The van der Waals surface area contributed by atoms with Crippen LogP contribution in [0.1, 0.15) is 0 Å². The summed E-state index contributed by atoms with van der Waals surface area (Å²) < 4.78 is 0. The zero-order chi connectivity index (χ0) is 18.4. The van der Waals surface area contributed by atoms with E-state index in [1.165, 1.54) is 16.3 Å². The van der Waals surface area contributed by atoms with Crippen LogP contribution in [0, 0.1) is 0 Å². The summed E-state index contributed by atoms with van der Waals surface area (Å²) in [5, 5.41) is 55.0. The molecule has 0 amide bonds. The fourth-order valence-electron chi connectivity index (χ4n) is 2.00. The third kappa shape index (κ3) is 5.05. The molecule has 8 nitrogen and oxygen atoms in total. The first-order valence-corrected chi connectivity index (χ1v) is 8.44. The van der Waals surface area contributed by atoms with Crippen molar-refractivity contribution in [2.45, 2.75) is 24.4 Å². The summed E-state index contributed by atoms with van der Waals surface area (Å²) in [5.41, 5.74) is 1.77. The SMILES string of the molecule is CN(/N=C/[C@H](O)[C@@H](O)[C@@H](O)[C@H](O)CO)c1nc(-c2ccccc2)cs1. The molecule has 0 aliphatic heterocycles. The molecule has 136 valence electrons. The number of hydrogen-bond acceptors (Lipinski definition) is 9. The van der Waals surface area contributed by atoms with Crippen LogP contribution < -0.4 is 5.01 Å². The van der Waals surface area contributed by atoms with Crippen molar-refractivity contribution in [1.82, 2.24) is 4.98 Å². The van der Waals surface area contributed by atoms with Gasteiger partial charge in [0.05, 0.1) is 18.5 Å². The van der Waals surface area contributed by atoms with E-state index in [1.54, 1.807) is 7.05 Å². The second-order valence-electron chi connectivity index (χ2n) is 5.39. The van der Waals surface area contributed by atoms with E-state index in [0.717, 1.165) is 17.5 Å². The number of benzene rings is 1. The van der Waals surface area contributed by atoms with Gasteiger partial charge in [0.1, 0.15) is 24.4 Å². The second-order valence-corrected chi connectivity index (χ2v) is 6.23. The predicted molar refractivity (Wildman–Crippen MR) is 95.6 cm³/mol. The second kappa shape index (κ2) is 8.99. The molecule has 0 aliphatic carbocycles. The molecule has 0 spiro atoms. The van der Waals surface area contributed by atoms with Crippen LogP contribution in [-0.2, 0) is 0 Å². The Kier molecular flexibility index (Phi) is 7.00. The summed E-state index contributed by atoms with van der Waals surface area (Å²) in [6.07, 6.45) is -5.42. The molecule has 2 aromatic rings. The largest absolute Gasteiger partial charge is 0.394 e. The van der Waals surface area contributed by atoms with Crippen molar-refractivity contribution in [3.05, 3.63) is 35.7 Å². The van der Waals surface area contributed by atoms with E-state index in [-0.39, 0.29) is 0 Å². The summed E-state index contributed by atoms with van der Waals surface area (Å²) in [6, 6.07) is 9.63. The zero-order valence-electron chi connectivity index (χ0n) is 13.5. The Labute approximate surface area is 148 Å². The van der Waals surface area contributed by atoms with E-state index < -0.39 is 31.0 Å². The molecule has 0 fully saturated rings. The molecule has 25 heavy (non-hydrogen) atoms. The number of aromatic nitrogens is 1. The summed E-state index contributed by atoms with van der Waals surface area (Å²) in [6.45, 7) is -0.733. The van der Waals surface area contributed by atoms with Gasteiger partial charge in [-0.3, -0.25) is 0 Å². The Hall–Kier alpha value is -1.88. The summed E-state index contributed by atoms with van der Waals surface area (Å²) in [7, 11) is 1.63. The van der Waals surface area contributed by atoms with Crippen molar-refractivity contribution < 1.29 is 25.5 Å². The number of thiazole rings is 1. The highest BCUT2D eigenvalue weighted by molar-refractivity contribution is 7.14. The van der Waals surface area contributed by atoms with Gasteiger partial charge in [-0.15, -0.1) is 11.3 Å². The van der Waals surface area contributed by atoms with E-state index in [1.807, 2.05) is 35.7 Å². The molecular formula is C16H21N3O5S. The zero-order valence-corrected chi connectivity index (χ0v) is 14.4. The molecule has 1 aromatic heterocycles. The van der Waals surface area contributed by atoms with Crippen LogP contribution in [0.15, 0.2) is 40.8 Å². The Morgan fingerprint density at radius 1 is 1.16 bits per heavy atom. The highest BCUT2D eigenvalue weighted by Gasteiger charge is 2.29. The summed E-state index contributed by atoms with van der Waals surface area (Å²) in [5.74, 6) is 0. The van der Waals surface area contributed by atoms with E-state index in [4.69, 9.17) is 5.11 Å². The number of hydrazone groups is 1. The van der Waals surface area contributed by atoms with Gasteiger partial charge in [-0.1, -0.05) is 30.3 Å². The molecule has 2 rings (SSSR count). The van der Waals surface area contributed by atoms with Gasteiger partial charge in [0, 0.05) is 18.0 Å². The van der Waals surface area contributed by atoms with Gasteiger partial charge in [0.25, 0.3) is 0 Å². The first-order valence-electron chi connectivity index (χ1n) is 7.56. The molecule has 0 unspecified atom stereocenters. The van der Waals surface area contributed by atoms with Gasteiger partial charge in [0.2, 0.25) is 5.13 Å². The lowest BCUT2D eigenvalue weighted by atomic mass is 10.0. The molecule has 0 saturated heterocycles. The Morgan fingerprint density at radius 3 is 2.48 bits per heavy atom. The number of aliphatic hydroxyl groups excluding tert-OH is 5. The van der Waals surface area contributed by atoms with Crippen LogP contribution >= 0.6 is 11.3 Å². The molecular weight excluding hydrogens is 346 g/mol. The van der Waals surface area contributed by atoms with E-state index >= 15 is 0 Å². The topological polar surface area (TPSA) is 130 Å². The molecule has 0 aliphatic rings. The third-order valence-electron chi connectivity index (χ3n) is 3.51. The summed E-state index contributed by atoms with van der Waals surface area (Å²) >= 11 is 1.36. The first kappa shape index (κ1) is 19.4. The maximum Gasteiger partial charge on any atom is 0.206 e. The van der Waals surface area contributed by atoms with Gasteiger partial charge in [-0.25, -0.2) is 9.99 Å². The van der Waals surface area contributed by atoms with Gasteiger partial charge >= 0.3 is 0 Å². The molecule has 0 bridgehead atoms. The summed E-state index contributed by atoms with van der Waals surface area (Å²) in [4.78, 5) is 4.44. The third-order valence-corrected chi connectivity index (χ3v) is 4.42. The highest BCUT2D eigenvalue weighted by atomic mass is 32.1. The van der Waals surface area contributed by atoms with Crippen molar-refractivity contribution in [3.8, 4) is 11.3 Å². The lowest BCUT2D eigenvalue weighted by Gasteiger charge is -2.23. The van der Waals surface area contributed by atoms with Crippen molar-refractivity contribution in [1.29, 1.82) is 0 Å². The molecule has 0 saturated carbocycles. The van der Waals surface area contributed by atoms with E-state index in [2.05, 4.69) is 10.1 Å². The van der Waals surface area contributed by atoms with E-state index in [9.17, 15) is 20.4 Å². The van der Waals surface area contributed by atoms with Crippen molar-refractivity contribution >= 4 is 22.7 Å². The highest BCUT2D eigenvalue weighted by Crippen LogP contribution is 2.26. The Balaban J connectivity index is 2.00. The van der Waals surface area contributed by atoms with E-state index in [0.29, 0.717) is 5.13 Å². The number of nitrogens with zero attached hydrogens (tertiary/aromatic N) is 3. The van der Waals surface area contributed by atoms with Gasteiger partial charge < -0.3 is 25.5 Å². The number of aliphatic hydroxyl groups is 5. The average Bonchev–Trinajstić information content (AvgIpc) is 3.14. The Bertz CT molecular complexity index is 681. The van der Waals surface area contributed by atoms with Gasteiger partial charge in [-0.2, -0.15) is 5.10 Å². The van der Waals surface area contributed by atoms with Crippen molar-refractivity contribution in [3.63, 3.8) is 0 Å². The van der Waals surface area contributed by atoms with Crippen LogP contribution in [0.5, 0.6) is 0 Å². The van der Waals surface area contributed by atoms with Crippen LogP contribution in [-0.4, -0.2) is 74.8 Å². The minimum Gasteiger partial charge on any atom is -0.394 e. The molecule has 4 atom stereocenters. The lowest BCUT2D eigenvalue weighted by Crippen LogP contribution is -2.46. The van der Waals surface area contributed by atoms with Crippen LogP contribution in [0.25, 0.3) is 11.3 Å². The Morgan fingerprint density at radius 2 is 1.84 bits per heavy atom. The number of rotatable bonds is 8. The molecule has 1 heterocycles. The predicted octanol–water partition coefficient (Wildman–Crippen LogP) is -0.332. The fourth-order valence-corrected chi connectivity index (χ4v) is 2.75. The van der Waals surface area contributed by atoms with Crippen LogP contribution in [0.3, 0.4) is 0 Å². The van der Waals surface area contributed by atoms with Gasteiger partial charge in [-0.05, 0) is 0 Å². The smallest absolute Gasteiger partial charge is 0.206 e. The van der Waals surface area contributed by atoms with Crippen LogP contribution in [0.4, 0.5) is 5.13 Å². The van der Waals surface area contributed by atoms with Crippen LogP contribution in [0.2, 0.25) is 0 Å². The minimum absolute atomic E-state index is 0.577. The number of hydrogen-bond donors (Lipinski definition) is 5. The standard InChI is InChI=1S/C16H21N3O5S/c1-19(17-7-12(21)14(23)15(24)13(22)8-20)16-18-11(9-25-16)10-5-3-2-4-6-10/h2-7,9,12-15,20-24H,8H2,1H3/b17-7+/t12-,13+,14+,15-/m0/s1. The quantitative estimate of drug-likeness (QED) is 0.319. The monoisotopic (exact) mass is 367 g/mol. The average molecular weight is 367 g/mol. The fraction of sp³-hybridized carbons (Fsp3) is 0.375. The molecule has 9 heteroatoms. The van der Waals surface area contributed by atoms with Crippen molar-refractivity contribution in [2.24, 2.45) is 5.10 Å². The molecule has 0 radical (unpaired) electrons. The lowest BCUT2D eigenvalue weighted by molar-refractivity contribution is -0.0999. The normalized spacial score (nSPS) is 16.6. The minimum atomic E-state index is -1.69. The molecule has 5 N–H and O–H groups in total. The molecule has 1 aromatic carbocycles. The first-order chi connectivity index (χ1) is 11.9. The maximum atomic E-state index is 9.82. The number of anilines is 1. The maximum absolute atomic E-state index is 9.82.